The normalized spacial score (nSPS) is 22.9. The van der Waals surface area contributed by atoms with Gasteiger partial charge in [0.2, 0.25) is 0 Å². The Hall–Kier alpha value is -1.55. The number of amides is 1. The Morgan fingerprint density at radius 1 is 1.37 bits per heavy atom. The van der Waals surface area contributed by atoms with Gasteiger partial charge in [0.05, 0.1) is 24.8 Å². The van der Waals surface area contributed by atoms with E-state index in [0.29, 0.717) is 11.3 Å². The third-order valence-corrected chi connectivity index (χ3v) is 3.65. The largest absolute Gasteiger partial charge is 0.496 e. The average Bonchev–Trinajstić information content (AvgIpc) is 2.41. The van der Waals surface area contributed by atoms with Crippen molar-refractivity contribution in [2.24, 2.45) is 0 Å². The van der Waals surface area contributed by atoms with E-state index >= 15 is 0 Å². The minimum Gasteiger partial charge on any atom is -0.496 e. The molecule has 0 heterocycles. The van der Waals surface area contributed by atoms with Crippen LogP contribution < -0.4 is 10.1 Å². The second kappa shape index (κ2) is 6.06. The van der Waals surface area contributed by atoms with E-state index in [1.165, 1.54) is 0 Å². The van der Waals surface area contributed by atoms with Gasteiger partial charge in [-0.3, -0.25) is 4.79 Å². The average molecular weight is 263 g/mol. The molecule has 0 saturated heterocycles. The molecule has 1 aliphatic carbocycles. The number of carbonyl (C=O) groups is 1. The van der Waals surface area contributed by atoms with E-state index in [2.05, 4.69) is 5.32 Å². The highest BCUT2D eigenvalue weighted by Gasteiger charge is 2.25. The summed E-state index contributed by atoms with van der Waals surface area (Å²) in [4.78, 5) is 12.3. The SMILES string of the molecule is COc1ccc(C)cc1C(=O)NC1CCCCC1O. The molecule has 1 saturated carbocycles. The molecule has 1 aliphatic rings. The molecule has 2 N–H and O–H groups in total. The molecule has 2 unspecified atom stereocenters. The maximum Gasteiger partial charge on any atom is 0.255 e. The van der Waals surface area contributed by atoms with Gasteiger partial charge in [0.25, 0.3) is 5.91 Å². The van der Waals surface area contributed by atoms with Gasteiger partial charge in [0.1, 0.15) is 5.75 Å². The van der Waals surface area contributed by atoms with Crippen molar-refractivity contribution in [3.63, 3.8) is 0 Å². The summed E-state index contributed by atoms with van der Waals surface area (Å²) in [6.07, 6.45) is 3.24. The highest BCUT2D eigenvalue weighted by Crippen LogP contribution is 2.22. The molecule has 1 amide bonds. The van der Waals surface area contributed by atoms with E-state index < -0.39 is 6.10 Å². The van der Waals surface area contributed by atoms with Crippen LogP contribution in [0.2, 0.25) is 0 Å². The predicted octanol–water partition coefficient (Wildman–Crippen LogP) is 2.04. The molecule has 1 aromatic carbocycles. The van der Waals surface area contributed by atoms with Crippen LogP contribution >= 0.6 is 0 Å². The number of benzene rings is 1. The third-order valence-electron chi connectivity index (χ3n) is 3.65. The van der Waals surface area contributed by atoms with Gasteiger partial charge in [0.15, 0.2) is 0 Å². The lowest BCUT2D eigenvalue weighted by molar-refractivity contribution is 0.0715. The summed E-state index contributed by atoms with van der Waals surface area (Å²) in [5, 5.41) is 12.8. The number of aliphatic hydroxyl groups is 1. The van der Waals surface area contributed by atoms with Crippen LogP contribution in [0.15, 0.2) is 18.2 Å². The molecule has 4 nitrogen and oxygen atoms in total. The number of carbonyl (C=O) groups excluding carboxylic acids is 1. The maximum atomic E-state index is 12.3. The van der Waals surface area contributed by atoms with E-state index in [1.54, 1.807) is 13.2 Å². The fraction of sp³-hybridized carbons (Fsp3) is 0.533. The number of aryl methyl sites for hydroxylation is 1. The summed E-state index contributed by atoms with van der Waals surface area (Å²) in [5.41, 5.74) is 1.54. The maximum absolute atomic E-state index is 12.3. The Morgan fingerprint density at radius 3 is 2.79 bits per heavy atom. The number of methoxy groups -OCH3 is 1. The van der Waals surface area contributed by atoms with Crippen LogP contribution in [0.3, 0.4) is 0 Å². The molecule has 1 aromatic rings. The standard InChI is InChI=1S/C15H21NO3/c1-10-7-8-14(19-2)11(9-10)15(18)16-12-5-3-4-6-13(12)17/h7-9,12-13,17H,3-6H2,1-2H3,(H,16,18). The molecule has 19 heavy (non-hydrogen) atoms. The topological polar surface area (TPSA) is 58.6 Å². The van der Waals surface area contributed by atoms with Crippen molar-refractivity contribution in [2.45, 2.75) is 44.8 Å². The molecule has 0 spiro atoms. The molecular weight excluding hydrogens is 242 g/mol. The molecule has 0 bridgehead atoms. The number of rotatable bonds is 3. The first-order valence-electron chi connectivity index (χ1n) is 6.75. The molecular formula is C15H21NO3. The van der Waals surface area contributed by atoms with Gasteiger partial charge < -0.3 is 15.2 Å². The Labute approximate surface area is 113 Å². The summed E-state index contributed by atoms with van der Waals surface area (Å²) in [7, 11) is 1.55. The highest BCUT2D eigenvalue weighted by atomic mass is 16.5. The lowest BCUT2D eigenvalue weighted by Crippen LogP contribution is -2.45. The summed E-state index contributed by atoms with van der Waals surface area (Å²) in [5.74, 6) is 0.389. The van der Waals surface area contributed by atoms with Crippen LogP contribution in [-0.2, 0) is 0 Å². The van der Waals surface area contributed by atoms with E-state index in [-0.39, 0.29) is 11.9 Å². The smallest absolute Gasteiger partial charge is 0.255 e. The number of aliphatic hydroxyl groups excluding tert-OH is 1. The Morgan fingerprint density at radius 2 is 2.11 bits per heavy atom. The zero-order chi connectivity index (χ0) is 13.8. The monoisotopic (exact) mass is 263 g/mol. The van der Waals surface area contributed by atoms with Crippen molar-refractivity contribution >= 4 is 5.91 Å². The molecule has 0 aliphatic heterocycles. The van der Waals surface area contributed by atoms with E-state index in [1.807, 2.05) is 19.1 Å². The van der Waals surface area contributed by atoms with Crippen LogP contribution in [0.1, 0.15) is 41.6 Å². The molecule has 4 heteroatoms. The summed E-state index contributed by atoms with van der Waals surface area (Å²) in [6, 6.07) is 5.36. The van der Waals surface area contributed by atoms with Crippen molar-refractivity contribution < 1.29 is 14.6 Å². The van der Waals surface area contributed by atoms with Gasteiger partial charge in [-0.05, 0) is 31.9 Å². The zero-order valence-electron chi connectivity index (χ0n) is 11.5. The van der Waals surface area contributed by atoms with Crippen LogP contribution in [-0.4, -0.2) is 30.3 Å². The second-order valence-electron chi connectivity index (χ2n) is 5.14. The molecule has 2 rings (SSSR count). The van der Waals surface area contributed by atoms with Crippen molar-refractivity contribution in [3.8, 4) is 5.75 Å². The van der Waals surface area contributed by atoms with Crippen LogP contribution in [0.5, 0.6) is 5.75 Å². The molecule has 104 valence electrons. The first-order valence-corrected chi connectivity index (χ1v) is 6.75. The van der Waals surface area contributed by atoms with E-state index in [4.69, 9.17) is 4.74 Å². The Balaban J connectivity index is 2.13. The summed E-state index contributed by atoms with van der Waals surface area (Å²) in [6.45, 7) is 1.94. The zero-order valence-corrected chi connectivity index (χ0v) is 11.5. The van der Waals surface area contributed by atoms with Gasteiger partial charge in [0, 0.05) is 0 Å². The van der Waals surface area contributed by atoms with Gasteiger partial charge in [-0.1, -0.05) is 24.5 Å². The molecule has 0 radical (unpaired) electrons. The van der Waals surface area contributed by atoms with Gasteiger partial charge in [-0.2, -0.15) is 0 Å². The molecule has 1 fully saturated rings. The number of hydrogen-bond acceptors (Lipinski definition) is 3. The number of hydrogen-bond donors (Lipinski definition) is 2. The van der Waals surface area contributed by atoms with Crippen molar-refractivity contribution in [2.75, 3.05) is 7.11 Å². The van der Waals surface area contributed by atoms with Crippen molar-refractivity contribution in [3.05, 3.63) is 29.3 Å². The second-order valence-corrected chi connectivity index (χ2v) is 5.14. The highest BCUT2D eigenvalue weighted by molar-refractivity contribution is 5.97. The first-order chi connectivity index (χ1) is 9.11. The lowest BCUT2D eigenvalue weighted by Gasteiger charge is -2.28. The number of nitrogens with one attached hydrogen (secondary N) is 1. The van der Waals surface area contributed by atoms with Crippen molar-refractivity contribution in [1.29, 1.82) is 0 Å². The van der Waals surface area contributed by atoms with Crippen molar-refractivity contribution in [1.82, 2.24) is 5.32 Å². The quantitative estimate of drug-likeness (QED) is 0.877. The fourth-order valence-electron chi connectivity index (χ4n) is 2.53. The minimum atomic E-state index is -0.437. The lowest BCUT2D eigenvalue weighted by atomic mass is 9.92. The molecule has 0 aromatic heterocycles. The minimum absolute atomic E-state index is 0.147. The van der Waals surface area contributed by atoms with Crippen LogP contribution in [0.25, 0.3) is 0 Å². The fourth-order valence-corrected chi connectivity index (χ4v) is 2.53. The summed E-state index contributed by atoms with van der Waals surface area (Å²) < 4.78 is 5.21. The van der Waals surface area contributed by atoms with Crippen LogP contribution in [0.4, 0.5) is 0 Å². The summed E-state index contributed by atoms with van der Waals surface area (Å²) >= 11 is 0. The number of ether oxygens (including phenoxy) is 1. The van der Waals surface area contributed by atoms with E-state index in [0.717, 1.165) is 31.2 Å². The Bertz CT molecular complexity index is 459. The Kier molecular flexibility index (Phi) is 4.43. The van der Waals surface area contributed by atoms with Gasteiger partial charge in [-0.25, -0.2) is 0 Å². The third kappa shape index (κ3) is 3.26. The first kappa shape index (κ1) is 13.9. The predicted molar refractivity (Wildman–Crippen MR) is 73.5 cm³/mol. The van der Waals surface area contributed by atoms with Crippen LogP contribution in [0, 0.1) is 6.92 Å². The van der Waals surface area contributed by atoms with E-state index in [9.17, 15) is 9.90 Å². The van der Waals surface area contributed by atoms with Gasteiger partial charge >= 0.3 is 0 Å². The van der Waals surface area contributed by atoms with Gasteiger partial charge in [-0.15, -0.1) is 0 Å². The molecule has 2 atom stereocenters.